The van der Waals surface area contributed by atoms with Crippen molar-refractivity contribution in [1.29, 1.82) is 0 Å². The number of carbonyl (C=O) groups excluding carboxylic acids is 1. The van der Waals surface area contributed by atoms with E-state index in [0.717, 1.165) is 32.4 Å². The lowest BCUT2D eigenvalue weighted by Crippen LogP contribution is -2.49. The number of amides is 1. The molecule has 1 unspecified atom stereocenters. The molecule has 2 fully saturated rings. The van der Waals surface area contributed by atoms with Crippen LogP contribution in [0.2, 0.25) is 0 Å². The van der Waals surface area contributed by atoms with Gasteiger partial charge in [0.05, 0.1) is 0 Å². The van der Waals surface area contributed by atoms with Gasteiger partial charge in [0.15, 0.2) is 5.84 Å². The van der Waals surface area contributed by atoms with Crippen LogP contribution in [0.3, 0.4) is 0 Å². The Hall–Kier alpha value is -1.30. The maximum atomic E-state index is 12.5. The summed E-state index contributed by atoms with van der Waals surface area (Å²) < 4.78 is 0. The third-order valence-corrected chi connectivity index (χ3v) is 5.09. The van der Waals surface area contributed by atoms with Gasteiger partial charge in [-0.1, -0.05) is 18.0 Å². The highest BCUT2D eigenvalue weighted by Crippen LogP contribution is 2.38. The first kappa shape index (κ1) is 16.1. The minimum atomic E-state index is -0.787. The summed E-state index contributed by atoms with van der Waals surface area (Å²) in [5, 5.41) is 15.1. The molecule has 1 heterocycles. The van der Waals surface area contributed by atoms with Crippen molar-refractivity contribution >= 4 is 11.7 Å². The van der Waals surface area contributed by atoms with E-state index in [1.807, 2.05) is 0 Å². The van der Waals surface area contributed by atoms with Crippen LogP contribution in [-0.4, -0.2) is 47.5 Å². The minimum Gasteiger partial charge on any atom is -0.409 e. The summed E-state index contributed by atoms with van der Waals surface area (Å²) in [6.45, 7) is 7.22. The smallest absolute Gasteiger partial charge is 0.233 e. The highest BCUT2D eigenvalue weighted by Gasteiger charge is 2.45. The first-order valence-corrected chi connectivity index (χ1v) is 8.00. The predicted molar refractivity (Wildman–Crippen MR) is 82.1 cm³/mol. The lowest BCUT2D eigenvalue weighted by molar-refractivity contribution is -0.127. The molecule has 6 heteroatoms. The fourth-order valence-electron chi connectivity index (χ4n) is 3.58. The van der Waals surface area contributed by atoms with Gasteiger partial charge in [0.2, 0.25) is 5.91 Å². The van der Waals surface area contributed by atoms with Gasteiger partial charge in [-0.25, -0.2) is 0 Å². The number of oxime groups is 1. The van der Waals surface area contributed by atoms with Crippen molar-refractivity contribution < 1.29 is 10.0 Å². The summed E-state index contributed by atoms with van der Waals surface area (Å²) in [5.74, 6) is 0.494. The van der Waals surface area contributed by atoms with E-state index in [1.165, 1.54) is 0 Å². The topological polar surface area (TPSA) is 91.0 Å². The third kappa shape index (κ3) is 3.31. The molecule has 1 saturated carbocycles. The van der Waals surface area contributed by atoms with Crippen LogP contribution in [-0.2, 0) is 4.79 Å². The van der Waals surface area contributed by atoms with Gasteiger partial charge in [-0.05, 0) is 45.6 Å². The van der Waals surface area contributed by atoms with Gasteiger partial charge in [0.25, 0.3) is 0 Å². The predicted octanol–water partition coefficient (Wildman–Crippen LogP) is 1.14. The molecule has 0 aromatic rings. The summed E-state index contributed by atoms with van der Waals surface area (Å²) in [5.41, 5.74) is 5.00. The quantitative estimate of drug-likeness (QED) is 0.307. The SMILES string of the molecule is CC(C)N1CCC(CNC(=O)C2(C(N)=NO)CCCC2)C1. The summed E-state index contributed by atoms with van der Waals surface area (Å²) >= 11 is 0. The van der Waals surface area contributed by atoms with Crippen molar-refractivity contribution in [2.75, 3.05) is 19.6 Å². The van der Waals surface area contributed by atoms with Crippen molar-refractivity contribution in [3.8, 4) is 0 Å². The second-order valence-corrected chi connectivity index (χ2v) is 6.73. The van der Waals surface area contributed by atoms with Gasteiger partial charge in [0, 0.05) is 19.1 Å². The van der Waals surface area contributed by atoms with Crippen LogP contribution in [0.15, 0.2) is 5.16 Å². The summed E-state index contributed by atoms with van der Waals surface area (Å²) in [6.07, 6.45) is 4.38. The standard InChI is InChI=1S/C15H28N4O2/c1-11(2)19-8-5-12(10-19)9-17-14(20)15(13(16)18-21)6-3-4-7-15/h11-12,21H,3-10H2,1-2H3,(H2,16,18)(H,17,20). The Balaban J connectivity index is 1.89. The summed E-state index contributed by atoms with van der Waals surface area (Å²) in [4.78, 5) is 15.0. The highest BCUT2D eigenvalue weighted by atomic mass is 16.4. The average molecular weight is 296 g/mol. The Labute approximate surface area is 126 Å². The van der Waals surface area contributed by atoms with Gasteiger partial charge in [-0.2, -0.15) is 0 Å². The van der Waals surface area contributed by atoms with Crippen LogP contribution in [0.1, 0.15) is 46.0 Å². The Kier molecular flexibility index (Phi) is 5.08. The van der Waals surface area contributed by atoms with Crippen molar-refractivity contribution in [2.24, 2.45) is 22.2 Å². The molecule has 2 aliphatic rings. The van der Waals surface area contributed by atoms with E-state index >= 15 is 0 Å². The lowest BCUT2D eigenvalue weighted by Gasteiger charge is -2.27. The van der Waals surface area contributed by atoms with Gasteiger partial charge < -0.3 is 21.2 Å². The molecule has 21 heavy (non-hydrogen) atoms. The largest absolute Gasteiger partial charge is 0.409 e. The van der Waals surface area contributed by atoms with E-state index in [4.69, 9.17) is 10.9 Å². The van der Waals surface area contributed by atoms with Crippen LogP contribution in [0.25, 0.3) is 0 Å². The number of nitrogens with zero attached hydrogens (tertiary/aromatic N) is 2. The van der Waals surface area contributed by atoms with E-state index in [1.54, 1.807) is 0 Å². The lowest BCUT2D eigenvalue weighted by atomic mass is 9.83. The van der Waals surface area contributed by atoms with Crippen molar-refractivity contribution in [2.45, 2.75) is 52.0 Å². The van der Waals surface area contributed by atoms with E-state index in [-0.39, 0.29) is 11.7 Å². The molecule has 1 atom stereocenters. The van der Waals surface area contributed by atoms with E-state index in [0.29, 0.717) is 31.3 Å². The number of nitrogens with one attached hydrogen (secondary N) is 1. The third-order valence-electron chi connectivity index (χ3n) is 5.09. The van der Waals surface area contributed by atoms with Gasteiger partial charge in [-0.3, -0.25) is 4.79 Å². The van der Waals surface area contributed by atoms with Gasteiger partial charge in [0.1, 0.15) is 5.41 Å². The second kappa shape index (κ2) is 6.64. The van der Waals surface area contributed by atoms with Crippen molar-refractivity contribution in [3.05, 3.63) is 0 Å². The monoisotopic (exact) mass is 296 g/mol. The summed E-state index contributed by atoms with van der Waals surface area (Å²) in [7, 11) is 0. The Morgan fingerprint density at radius 3 is 2.67 bits per heavy atom. The van der Waals surface area contributed by atoms with Crippen LogP contribution < -0.4 is 11.1 Å². The van der Waals surface area contributed by atoms with E-state index in [2.05, 4.69) is 29.2 Å². The molecule has 2 rings (SSSR count). The Morgan fingerprint density at radius 2 is 2.14 bits per heavy atom. The number of amidine groups is 1. The molecule has 0 spiro atoms. The number of hydrogen-bond donors (Lipinski definition) is 3. The zero-order chi connectivity index (χ0) is 15.5. The fraction of sp³-hybridized carbons (Fsp3) is 0.867. The normalized spacial score (nSPS) is 26.4. The van der Waals surface area contributed by atoms with E-state index in [9.17, 15) is 4.79 Å². The molecular weight excluding hydrogens is 268 g/mol. The number of nitrogens with two attached hydrogens (primary N) is 1. The molecule has 1 aliphatic carbocycles. The first-order chi connectivity index (χ1) is 9.99. The molecule has 0 radical (unpaired) electrons. The van der Waals surface area contributed by atoms with Crippen LogP contribution >= 0.6 is 0 Å². The number of hydrogen-bond acceptors (Lipinski definition) is 4. The first-order valence-electron chi connectivity index (χ1n) is 8.00. The molecule has 0 aromatic heterocycles. The van der Waals surface area contributed by atoms with Crippen LogP contribution in [0.4, 0.5) is 0 Å². The molecular formula is C15H28N4O2. The molecule has 0 aromatic carbocycles. The van der Waals surface area contributed by atoms with Crippen LogP contribution in [0, 0.1) is 11.3 Å². The second-order valence-electron chi connectivity index (χ2n) is 6.73. The molecule has 1 aliphatic heterocycles. The fourth-order valence-corrected chi connectivity index (χ4v) is 3.58. The molecule has 1 amide bonds. The van der Waals surface area contributed by atoms with Gasteiger partial charge in [-0.15, -0.1) is 0 Å². The number of rotatable bonds is 5. The van der Waals surface area contributed by atoms with E-state index < -0.39 is 5.41 Å². The zero-order valence-electron chi connectivity index (χ0n) is 13.1. The molecule has 0 bridgehead atoms. The molecule has 1 saturated heterocycles. The minimum absolute atomic E-state index is 0.0627. The Bertz CT molecular complexity index is 402. The zero-order valence-corrected chi connectivity index (χ0v) is 13.1. The maximum absolute atomic E-state index is 12.5. The van der Waals surface area contributed by atoms with Crippen LogP contribution in [0.5, 0.6) is 0 Å². The average Bonchev–Trinajstić information content (AvgIpc) is 3.13. The Morgan fingerprint density at radius 1 is 1.48 bits per heavy atom. The number of carbonyl (C=O) groups is 1. The molecule has 120 valence electrons. The van der Waals surface area contributed by atoms with Crippen molar-refractivity contribution in [1.82, 2.24) is 10.2 Å². The van der Waals surface area contributed by atoms with Gasteiger partial charge >= 0.3 is 0 Å². The molecule has 6 nitrogen and oxygen atoms in total. The molecule has 4 N–H and O–H groups in total. The summed E-state index contributed by atoms with van der Waals surface area (Å²) in [6, 6.07) is 0.559. The maximum Gasteiger partial charge on any atom is 0.233 e. The number of likely N-dealkylation sites (tertiary alicyclic amines) is 1. The van der Waals surface area contributed by atoms with Crippen molar-refractivity contribution in [3.63, 3.8) is 0 Å². The highest BCUT2D eigenvalue weighted by molar-refractivity contribution is 6.07.